The van der Waals surface area contributed by atoms with Gasteiger partial charge in [-0.2, -0.15) is 0 Å². The standard InChI is InChI=1S/C25H31FN4O2/c1-25(2,26)16-29-12-9-17(10-13-29)14-30-15-21(20-4-3-11-28-24(20)30)22(31)18-5-7-19(8-6-18)23(27)32/h3-8,11,15,17,22,31H,9-10,12-14,16H2,1-2H3,(H2,27,32). The van der Waals surface area contributed by atoms with E-state index in [1.54, 1.807) is 44.3 Å². The number of halogens is 1. The summed E-state index contributed by atoms with van der Waals surface area (Å²) in [4.78, 5) is 18.1. The topological polar surface area (TPSA) is 84.4 Å². The summed E-state index contributed by atoms with van der Waals surface area (Å²) in [6.07, 6.45) is 4.94. The van der Waals surface area contributed by atoms with Crippen molar-refractivity contribution in [2.24, 2.45) is 11.7 Å². The minimum absolute atomic E-state index is 0.410. The number of alkyl halides is 1. The van der Waals surface area contributed by atoms with Crippen molar-refractivity contribution < 1.29 is 14.3 Å². The Morgan fingerprint density at radius 3 is 2.56 bits per heavy atom. The second-order valence-electron chi connectivity index (χ2n) is 9.44. The first-order valence-electron chi connectivity index (χ1n) is 11.1. The Morgan fingerprint density at radius 1 is 1.25 bits per heavy atom. The van der Waals surface area contributed by atoms with Crippen LogP contribution in [0.2, 0.25) is 0 Å². The summed E-state index contributed by atoms with van der Waals surface area (Å²) in [7, 11) is 0. The van der Waals surface area contributed by atoms with E-state index in [-0.39, 0.29) is 0 Å². The minimum atomic E-state index is -1.17. The van der Waals surface area contributed by atoms with E-state index in [4.69, 9.17) is 5.73 Å². The van der Waals surface area contributed by atoms with Gasteiger partial charge in [0.05, 0.1) is 0 Å². The monoisotopic (exact) mass is 438 g/mol. The van der Waals surface area contributed by atoms with Crippen LogP contribution in [-0.4, -0.2) is 50.8 Å². The lowest BCUT2D eigenvalue weighted by atomic mass is 9.96. The molecule has 6 nitrogen and oxygen atoms in total. The fourth-order valence-electron chi connectivity index (χ4n) is 4.65. The van der Waals surface area contributed by atoms with Gasteiger partial charge in [-0.25, -0.2) is 9.37 Å². The second-order valence-corrected chi connectivity index (χ2v) is 9.44. The number of pyridine rings is 1. The first-order valence-corrected chi connectivity index (χ1v) is 11.1. The molecule has 0 radical (unpaired) electrons. The van der Waals surface area contributed by atoms with E-state index >= 15 is 0 Å². The number of primary amides is 1. The zero-order valence-electron chi connectivity index (χ0n) is 18.7. The number of aliphatic hydroxyl groups excluding tert-OH is 1. The number of rotatable bonds is 7. The summed E-state index contributed by atoms with van der Waals surface area (Å²) in [5.41, 5.74) is 6.89. The number of hydrogen-bond donors (Lipinski definition) is 2. The predicted octanol–water partition coefficient (Wildman–Crippen LogP) is 3.68. The van der Waals surface area contributed by atoms with Crippen molar-refractivity contribution in [3.63, 3.8) is 0 Å². The number of carbonyl (C=O) groups excluding carboxylic acids is 1. The molecule has 1 atom stereocenters. The van der Waals surface area contributed by atoms with Crippen molar-refractivity contribution in [2.45, 2.75) is 45.0 Å². The summed E-state index contributed by atoms with van der Waals surface area (Å²) in [5, 5.41) is 12.0. The van der Waals surface area contributed by atoms with Gasteiger partial charge in [0, 0.05) is 42.0 Å². The predicted molar refractivity (Wildman–Crippen MR) is 123 cm³/mol. The normalized spacial score (nSPS) is 17.0. The maximum Gasteiger partial charge on any atom is 0.248 e. The zero-order chi connectivity index (χ0) is 22.9. The van der Waals surface area contributed by atoms with Crippen molar-refractivity contribution >= 4 is 16.9 Å². The molecule has 3 heterocycles. The first-order chi connectivity index (χ1) is 15.2. The van der Waals surface area contributed by atoms with Gasteiger partial charge in [0.2, 0.25) is 5.91 Å². The van der Waals surface area contributed by atoms with Crippen LogP contribution in [0.25, 0.3) is 11.0 Å². The average Bonchev–Trinajstić information content (AvgIpc) is 3.12. The van der Waals surface area contributed by atoms with E-state index in [0.29, 0.717) is 23.6 Å². The molecule has 0 aliphatic carbocycles. The molecule has 4 rings (SSSR count). The van der Waals surface area contributed by atoms with E-state index < -0.39 is 17.7 Å². The van der Waals surface area contributed by atoms with E-state index in [1.165, 1.54) is 0 Å². The van der Waals surface area contributed by atoms with Gasteiger partial charge in [0.1, 0.15) is 17.4 Å². The molecule has 170 valence electrons. The number of nitrogens with two attached hydrogens (primary N) is 1. The van der Waals surface area contributed by atoms with Crippen molar-refractivity contribution in [2.75, 3.05) is 19.6 Å². The zero-order valence-corrected chi connectivity index (χ0v) is 18.7. The number of likely N-dealkylation sites (tertiary alicyclic amines) is 1. The molecule has 0 spiro atoms. The molecule has 1 aromatic carbocycles. The molecule has 1 saturated heterocycles. The number of nitrogens with zero attached hydrogens (tertiary/aromatic N) is 3. The highest BCUT2D eigenvalue weighted by Crippen LogP contribution is 2.31. The molecule has 3 N–H and O–H groups in total. The smallest absolute Gasteiger partial charge is 0.248 e. The number of benzene rings is 1. The molecular formula is C25H31FN4O2. The third-order valence-electron chi connectivity index (χ3n) is 6.23. The second kappa shape index (κ2) is 9.00. The van der Waals surface area contributed by atoms with E-state index in [2.05, 4.69) is 14.5 Å². The van der Waals surface area contributed by atoms with Crippen LogP contribution in [-0.2, 0) is 6.54 Å². The minimum Gasteiger partial charge on any atom is -0.384 e. The number of aromatic nitrogens is 2. The van der Waals surface area contributed by atoms with Crippen LogP contribution in [0.3, 0.4) is 0 Å². The van der Waals surface area contributed by atoms with Crippen molar-refractivity contribution in [1.82, 2.24) is 14.5 Å². The molecule has 32 heavy (non-hydrogen) atoms. The third kappa shape index (κ3) is 5.00. The molecule has 3 aromatic rings. The molecule has 7 heteroatoms. The summed E-state index contributed by atoms with van der Waals surface area (Å²) < 4.78 is 16.1. The molecule has 1 amide bonds. The third-order valence-corrected chi connectivity index (χ3v) is 6.23. The molecule has 1 aliphatic heterocycles. The van der Waals surface area contributed by atoms with Gasteiger partial charge in [-0.1, -0.05) is 12.1 Å². The summed E-state index contributed by atoms with van der Waals surface area (Å²) >= 11 is 0. The quantitative estimate of drug-likeness (QED) is 0.589. The molecule has 1 fully saturated rings. The van der Waals surface area contributed by atoms with E-state index in [1.807, 2.05) is 18.3 Å². The van der Waals surface area contributed by atoms with Gasteiger partial charge in [0.15, 0.2) is 0 Å². The summed E-state index contributed by atoms with van der Waals surface area (Å²) in [6, 6.07) is 10.6. The van der Waals surface area contributed by atoms with Crippen molar-refractivity contribution in [3.8, 4) is 0 Å². The van der Waals surface area contributed by atoms with Crippen LogP contribution in [0.4, 0.5) is 4.39 Å². The fraction of sp³-hybridized carbons (Fsp3) is 0.440. The highest BCUT2D eigenvalue weighted by molar-refractivity contribution is 5.92. The largest absolute Gasteiger partial charge is 0.384 e. The number of piperidine rings is 1. The summed E-state index contributed by atoms with van der Waals surface area (Å²) in [5.74, 6) is -0.0145. The first kappa shape index (κ1) is 22.4. The number of carbonyl (C=O) groups is 1. The number of aliphatic hydroxyl groups is 1. The van der Waals surface area contributed by atoms with Crippen molar-refractivity contribution in [3.05, 3.63) is 65.5 Å². The highest BCUT2D eigenvalue weighted by atomic mass is 19.1. The van der Waals surface area contributed by atoms with Gasteiger partial charge < -0.3 is 20.3 Å². The van der Waals surface area contributed by atoms with Crippen LogP contribution >= 0.6 is 0 Å². The molecule has 2 aromatic heterocycles. The van der Waals surface area contributed by atoms with Crippen LogP contribution < -0.4 is 5.73 Å². The maximum absolute atomic E-state index is 14.0. The fourth-order valence-corrected chi connectivity index (χ4v) is 4.65. The molecule has 0 bridgehead atoms. The van der Waals surface area contributed by atoms with E-state index in [0.717, 1.165) is 49.1 Å². The molecule has 0 saturated carbocycles. The van der Waals surface area contributed by atoms with Gasteiger partial charge in [-0.05, 0) is 75.5 Å². The van der Waals surface area contributed by atoms with Gasteiger partial charge in [-0.3, -0.25) is 4.79 Å². The van der Waals surface area contributed by atoms with Gasteiger partial charge >= 0.3 is 0 Å². The van der Waals surface area contributed by atoms with Gasteiger partial charge in [0.25, 0.3) is 0 Å². The van der Waals surface area contributed by atoms with Crippen LogP contribution in [0, 0.1) is 5.92 Å². The maximum atomic E-state index is 14.0. The lowest BCUT2D eigenvalue weighted by Gasteiger charge is -2.34. The number of amides is 1. The lowest BCUT2D eigenvalue weighted by molar-refractivity contribution is 0.0927. The van der Waals surface area contributed by atoms with Crippen molar-refractivity contribution in [1.29, 1.82) is 0 Å². The number of fused-ring (bicyclic) bond motifs is 1. The number of hydrogen-bond acceptors (Lipinski definition) is 4. The lowest BCUT2D eigenvalue weighted by Crippen LogP contribution is -2.41. The highest BCUT2D eigenvalue weighted by Gasteiger charge is 2.26. The Hall–Kier alpha value is -2.77. The Labute approximate surface area is 187 Å². The SMILES string of the molecule is CC(C)(F)CN1CCC(Cn2cc(C(O)c3ccc(C(N)=O)cc3)c3cccnc32)CC1. The molecule has 1 unspecified atom stereocenters. The Bertz CT molecular complexity index is 1080. The van der Waals surface area contributed by atoms with Crippen LogP contribution in [0.5, 0.6) is 0 Å². The molecule has 1 aliphatic rings. The van der Waals surface area contributed by atoms with Crippen LogP contribution in [0.15, 0.2) is 48.8 Å². The van der Waals surface area contributed by atoms with E-state index in [9.17, 15) is 14.3 Å². The molecular weight excluding hydrogens is 407 g/mol. The van der Waals surface area contributed by atoms with Gasteiger partial charge in [-0.15, -0.1) is 0 Å². The Kier molecular flexibility index (Phi) is 6.31. The Balaban J connectivity index is 1.52. The Morgan fingerprint density at radius 2 is 1.94 bits per heavy atom. The summed E-state index contributed by atoms with van der Waals surface area (Å²) in [6.45, 7) is 6.33. The van der Waals surface area contributed by atoms with Crippen LogP contribution in [0.1, 0.15) is 54.3 Å². The average molecular weight is 439 g/mol.